The number of para-hydroxylation sites is 1. The van der Waals surface area contributed by atoms with E-state index in [0.717, 1.165) is 11.3 Å². The number of anilines is 1. The summed E-state index contributed by atoms with van der Waals surface area (Å²) in [6.07, 6.45) is 0.625. The van der Waals surface area contributed by atoms with Crippen LogP contribution in [0.5, 0.6) is 0 Å². The Hall–Kier alpha value is 0.130. The van der Waals surface area contributed by atoms with Gasteiger partial charge in [-0.25, -0.2) is 0 Å². The van der Waals surface area contributed by atoms with Gasteiger partial charge in [-0.1, -0.05) is 66.0 Å². The molecule has 0 bridgehead atoms. The number of hydrogen-bond donors (Lipinski definition) is 0. The monoisotopic (exact) mass is 423 g/mol. The van der Waals surface area contributed by atoms with Crippen molar-refractivity contribution in [2.24, 2.45) is 0 Å². The molecule has 0 saturated heterocycles. The van der Waals surface area contributed by atoms with E-state index in [1.165, 1.54) is 0 Å². The number of likely N-dealkylation sites (N-methyl/N-ethyl adjacent to an activating group) is 1. The Morgan fingerprint density at radius 3 is 2.47 bits per heavy atom. The second-order valence-corrected chi connectivity index (χ2v) is 11.8. The highest BCUT2D eigenvalue weighted by molar-refractivity contribution is 9.39. The molecule has 1 unspecified atom stereocenters. The molecule has 0 N–H and O–H groups in total. The second-order valence-electron chi connectivity index (χ2n) is 4.51. The summed E-state index contributed by atoms with van der Waals surface area (Å²) in [6.45, 7) is 1.98. The van der Waals surface area contributed by atoms with E-state index in [9.17, 15) is 4.79 Å². The Labute approximate surface area is 126 Å². The minimum Gasteiger partial charge on any atom is -0.314 e. The van der Waals surface area contributed by atoms with Crippen LogP contribution in [0.1, 0.15) is 18.9 Å². The number of amides is 1. The first-order valence-corrected chi connectivity index (χ1v) is 7.58. The quantitative estimate of drug-likeness (QED) is 0.619. The Kier molecular flexibility index (Phi) is 3.47. The summed E-state index contributed by atoms with van der Waals surface area (Å²) in [7, 11) is 1.82. The summed E-state index contributed by atoms with van der Waals surface area (Å²) in [5, 5.41) is 0. The van der Waals surface area contributed by atoms with Gasteiger partial charge in [-0.15, -0.1) is 0 Å². The van der Waals surface area contributed by atoms with Gasteiger partial charge < -0.3 is 4.90 Å². The predicted molar refractivity (Wildman–Crippen MR) is 81.3 cm³/mol. The van der Waals surface area contributed by atoms with E-state index in [-0.39, 0.29) is 5.91 Å². The van der Waals surface area contributed by atoms with Crippen molar-refractivity contribution in [2.45, 2.75) is 20.9 Å². The molecule has 0 aromatic heterocycles. The lowest BCUT2D eigenvalue weighted by Gasteiger charge is -2.27. The third-order valence-electron chi connectivity index (χ3n) is 3.19. The van der Waals surface area contributed by atoms with Crippen LogP contribution >= 0.6 is 47.8 Å². The Morgan fingerprint density at radius 2 is 1.88 bits per heavy atom. The molecule has 92 valence electrons. The lowest BCUT2D eigenvalue weighted by atomic mass is 9.81. The van der Waals surface area contributed by atoms with Crippen molar-refractivity contribution in [3.05, 3.63) is 29.8 Å². The Bertz CT molecular complexity index is 469. The van der Waals surface area contributed by atoms with E-state index in [0.29, 0.717) is 6.42 Å². The normalized spacial score (nSPS) is 24.1. The van der Waals surface area contributed by atoms with Gasteiger partial charge in [-0.05, 0) is 18.6 Å². The van der Waals surface area contributed by atoms with E-state index in [4.69, 9.17) is 0 Å². The van der Waals surface area contributed by atoms with Crippen LogP contribution in [0.15, 0.2) is 24.3 Å². The lowest BCUT2D eigenvalue weighted by molar-refractivity contribution is -0.122. The Balaban J connectivity index is 2.52. The molecular weight excluding hydrogens is 414 g/mol. The maximum atomic E-state index is 12.4. The number of halogens is 3. The molecule has 0 spiro atoms. The van der Waals surface area contributed by atoms with Gasteiger partial charge in [0, 0.05) is 19.2 Å². The molecule has 17 heavy (non-hydrogen) atoms. The fourth-order valence-corrected chi connectivity index (χ4v) is 4.08. The molecule has 2 rings (SSSR count). The summed E-state index contributed by atoms with van der Waals surface area (Å²) in [4.78, 5) is 14.2. The zero-order chi connectivity index (χ0) is 12.8. The lowest BCUT2D eigenvalue weighted by Crippen LogP contribution is -2.38. The highest BCUT2D eigenvalue weighted by Gasteiger charge is 2.48. The van der Waals surface area contributed by atoms with Crippen LogP contribution in [0.3, 0.4) is 0 Å². The smallest absolute Gasteiger partial charge is 0.237 e. The Morgan fingerprint density at radius 1 is 1.29 bits per heavy atom. The molecule has 2 nitrogen and oxygen atoms in total. The third kappa shape index (κ3) is 2.34. The van der Waals surface area contributed by atoms with Crippen LogP contribution < -0.4 is 4.90 Å². The van der Waals surface area contributed by atoms with Gasteiger partial charge in [0.25, 0.3) is 0 Å². The van der Waals surface area contributed by atoms with E-state index in [2.05, 4.69) is 47.8 Å². The minimum absolute atomic E-state index is 0.126. The zero-order valence-electron chi connectivity index (χ0n) is 9.51. The summed E-state index contributed by atoms with van der Waals surface area (Å²) < 4.78 is -0.421. The van der Waals surface area contributed by atoms with Crippen LogP contribution in [0.25, 0.3) is 0 Å². The van der Waals surface area contributed by atoms with Crippen molar-refractivity contribution in [2.75, 3.05) is 11.9 Å². The highest BCUT2D eigenvalue weighted by atomic mass is 80.0. The van der Waals surface area contributed by atoms with Crippen LogP contribution in [-0.4, -0.2) is 15.1 Å². The minimum atomic E-state index is -0.512. The molecule has 0 saturated carbocycles. The first-order chi connectivity index (χ1) is 7.76. The van der Waals surface area contributed by atoms with Gasteiger partial charge >= 0.3 is 0 Å². The molecular formula is C12H12Br3NO. The predicted octanol–water partition coefficient (Wildman–Crippen LogP) is 4.15. The van der Waals surface area contributed by atoms with Crippen LogP contribution in [-0.2, 0) is 10.2 Å². The van der Waals surface area contributed by atoms with Gasteiger partial charge in [0.2, 0.25) is 5.91 Å². The number of hydrogen-bond acceptors (Lipinski definition) is 1. The van der Waals surface area contributed by atoms with Gasteiger partial charge in [-0.2, -0.15) is 0 Å². The van der Waals surface area contributed by atoms with Gasteiger partial charge in [0.1, 0.15) is 2.14 Å². The second kappa shape index (κ2) is 4.35. The maximum absolute atomic E-state index is 12.4. The summed E-state index contributed by atoms with van der Waals surface area (Å²) in [6, 6.07) is 7.94. The third-order valence-corrected chi connectivity index (χ3v) is 4.03. The van der Waals surface area contributed by atoms with Crippen molar-refractivity contribution in [1.29, 1.82) is 0 Å². The van der Waals surface area contributed by atoms with Crippen molar-refractivity contribution in [1.82, 2.24) is 0 Å². The number of carbonyl (C=O) groups excluding carboxylic acids is 1. The maximum Gasteiger partial charge on any atom is 0.237 e. The molecule has 1 aromatic carbocycles. The van der Waals surface area contributed by atoms with Crippen LogP contribution in [0.4, 0.5) is 5.69 Å². The van der Waals surface area contributed by atoms with E-state index >= 15 is 0 Å². The standard InChI is InChI=1S/C12H12Br3NO/c1-11(7-12(13,14)15)8-5-3-4-6-9(8)16(2)10(11)17/h3-6H,7H2,1-2H3. The number of rotatable bonds is 1. The van der Waals surface area contributed by atoms with E-state index in [1.807, 2.05) is 38.2 Å². The molecule has 1 heterocycles. The van der Waals surface area contributed by atoms with Gasteiger partial charge in [0.05, 0.1) is 5.41 Å². The largest absolute Gasteiger partial charge is 0.314 e. The van der Waals surface area contributed by atoms with Crippen LogP contribution in [0, 0.1) is 0 Å². The average Bonchev–Trinajstić information content (AvgIpc) is 2.40. The number of fused-ring (bicyclic) bond motifs is 1. The molecule has 0 aliphatic carbocycles. The molecule has 1 aliphatic heterocycles. The first kappa shape index (κ1) is 13.6. The SMILES string of the molecule is CN1C(=O)C(C)(CC(Br)(Br)Br)c2ccccc21. The summed E-state index contributed by atoms with van der Waals surface area (Å²) >= 11 is 10.5. The van der Waals surface area contributed by atoms with Crippen molar-refractivity contribution in [3.8, 4) is 0 Å². The molecule has 1 aromatic rings. The number of benzene rings is 1. The fourth-order valence-electron chi connectivity index (χ4n) is 2.40. The van der Waals surface area contributed by atoms with Crippen molar-refractivity contribution < 1.29 is 4.79 Å². The average molecular weight is 426 g/mol. The number of carbonyl (C=O) groups is 1. The van der Waals surface area contributed by atoms with Crippen molar-refractivity contribution >= 4 is 59.4 Å². The van der Waals surface area contributed by atoms with Gasteiger partial charge in [0.15, 0.2) is 0 Å². The summed E-state index contributed by atoms with van der Waals surface area (Å²) in [5.74, 6) is 0.126. The zero-order valence-corrected chi connectivity index (χ0v) is 14.3. The molecule has 1 atom stereocenters. The molecule has 0 radical (unpaired) electrons. The molecule has 0 fully saturated rings. The fraction of sp³-hybridized carbons (Fsp3) is 0.417. The molecule has 1 aliphatic rings. The van der Waals surface area contributed by atoms with Crippen molar-refractivity contribution in [3.63, 3.8) is 0 Å². The molecule has 1 amide bonds. The molecule has 5 heteroatoms. The number of nitrogens with zero attached hydrogens (tertiary/aromatic N) is 1. The number of alkyl halides is 3. The first-order valence-electron chi connectivity index (χ1n) is 5.20. The summed E-state index contributed by atoms with van der Waals surface area (Å²) in [5.41, 5.74) is 1.56. The highest BCUT2D eigenvalue weighted by Crippen LogP contribution is 2.50. The van der Waals surface area contributed by atoms with Gasteiger partial charge in [-0.3, -0.25) is 4.79 Å². The topological polar surface area (TPSA) is 20.3 Å². The van der Waals surface area contributed by atoms with E-state index < -0.39 is 7.56 Å². The van der Waals surface area contributed by atoms with E-state index in [1.54, 1.807) is 4.90 Å². The van der Waals surface area contributed by atoms with Crippen LogP contribution in [0.2, 0.25) is 0 Å².